The van der Waals surface area contributed by atoms with Gasteiger partial charge in [-0.15, -0.1) is 0 Å². The summed E-state index contributed by atoms with van der Waals surface area (Å²) >= 11 is 0. The van der Waals surface area contributed by atoms with E-state index in [0.29, 0.717) is 24.2 Å². The zero-order valence-corrected chi connectivity index (χ0v) is 15.4. The average Bonchev–Trinajstić information content (AvgIpc) is 2.67. The van der Waals surface area contributed by atoms with Crippen LogP contribution in [0.1, 0.15) is 35.3 Å². The molecule has 1 amide bonds. The number of rotatable bonds is 6. The Bertz CT molecular complexity index is 807. The van der Waals surface area contributed by atoms with Gasteiger partial charge in [0.05, 0.1) is 0 Å². The lowest BCUT2D eigenvalue weighted by molar-refractivity contribution is -0.116. The Morgan fingerprint density at radius 1 is 1.22 bits per heavy atom. The lowest BCUT2D eigenvalue weighted by Crippen LogP contribution is -2.46. The normalized spacial score (nSPS) is 17.5. The predicted octanol–water partition coefficient (Wildman–Crippen LogP) is 3.00. The van der Waals surface area contributed by atoms with Gasteiger partial charge in [0.25, 0.3) is 0 Å². The van der Waals surface area contributed by atoms with Gasteiger partial charge < -0.3 is 10.6 Å². The van der Waals surface area contributed by atoms with Gasteiger partial charge in [0.2, 0.25) is 5.91 Å². The van der Waals surface area contributed by atoms with Crippen molar-refractivity contribution in [2.24, 2.45) is 0 Å². The molecule has 0 aliphatic carbocycles. The van der Waals surface area contributed by atoms with Gasteiger partial charge in [-0.05, 0) is 48.9 Å². The fourth-order valence-electron chi connectivity index (χ4n) is 3.31. The number of amides is 1. The summed E-state index contributed by atoms with van der Waals surface area (Å²) in [6.45, 7) is 4.50. The SMILES string of the molecule is CC(=O)c1ccc(NC(=O)CCN2CCNCC2c2cccc(F)c2)cc1. The van der Waals surface area contributed by atoms with E-state index in [1.165, 1.54) is 13.0 Å². The third kappa shape index (κ3) is 5.21. The van der Waals surface area contributed by atoms with E-state index in [-0.39, 0.29) is 23.5 Å². The Kier molecular flexibility index (Phi) is 6.32. The van der Waals surface area contributed by atoms with E-state index >= 15 is 0 Å². The van der Waals surface area contributed by atoms with Crippen LogP contribution in [0.25, 0.3) is 0 Å². The highest BCUT2D eigenvalue weighted by Crippen LogP contribution is 2.23. The standard InChI is InChI=1S/C21H24FN3O2/c1-15(26)16-5-7-19(8-6-16)24-21(27)9-11-25-12-10-23-14-20(25)17-3-2-4-18(22)13-17/h2-8,13,20,23H,9-12,14H2,1H3,(H,24,27). The van der Waals surface area contributed by atoms with Crippen LogP contribution in [0.4, 0.5) is 10.1 Å². The van der Waals surface area contributed by atoms with Crippen molar-refractivity contribution >= 4 is 17.4 Å². The van der Waals surface area contributed by atoms with Crippen LogP contribution < -0.4 is 10.6 Å². The lowest BCUT2D eigenvalue weighted by Gasteiger charge is -2.36. The van der Waals surface area contributed by atoms with Crippen LogP contribution in [0.2, 0.25) is 0 Å². The Morgan fingerprint density at radius 2 is 2.00 bits per heavy atom. The molecule has 142 valence electrons. The monoisotopic (exact) mass is 369 g/mol. The van der Waals surface area contributed by atoms with E-state index in [0.717, 1.165) is 25.2 Å². The predicted molar refractivity (Wildman–Crippen MR) is 103 cm³/mol. The molecule has 1 heterocycles. The number of anilines is 1. The number of carbonyl (C=O) groups excluding carboxylic acids is 2. The third-order valence-corrected chi connectivity index (χ3v) is 4.79. The molecule has 1 unspecified atom stereocenters. The van der Waals surface area contributed by atoms with E-state index in [4.69, 9.17) is 0 Å². The molecule has 0 spiro atoms. The van der Waals surface area contributed by atoms with Crippen molar-refractivity contribution in [2.75, 3.05) is 31.5 Å². The first-order valence-electron chi connectivity index (χ1n) is 9.14. The first-order chi connectivity index (χ1) is 13.0. The van der Waals surface area contributed by atoms with Crippen molar-refractivity contribution in [3.63, 3.8) is 0 Å². The molecule has 0 bridgehead atoms. The fourth-order valence-corrected chi connectivity index (χ4v) is 3.31. The van der Waals surface area contributed by atoms with Gasteiger partial charge in [0.15, 0.2) is 5.78 Å². The third-order valence-electron chi connectivity index (χ3n) is 4.79. The van der Waals surface area contributed by atoms with Crippen LogP contribution in [-0.4, -0.2) is 42.8 Å². The summed E-state index contributed by atoms with van der Waals surface area (Å²) in [6.07, 6.45) is 0.347. The van der Waals surface area contributed by atoms with Crippen LogP contribution in [-0.2, 0) is 4.79 Å². The minimum Gasteiger partial charge on any atom is -0.326 e. The molecule has 3 rings (SSSR count). The Morgan fingerprint density at radius 3 is 2.70 bits per heavy atom. The molecule has 0 aromatic heterocycles. The highest BCUT2D eigenvalue weighted by atomic mass is 19.1. The maximum Gasteiger partial charge on any atom is 0.225 e. The number of piperazine rings is 1. The molecular weight excluding hydrogens is 345 g/mol. The van der Waals surface area contributed by atoms with Gasteiger partial charge >= 0.3 is 0 Å². The number of nitrogens with one attached hydrogen (secondary N) is 2. The topological polar surface area (TPSA) is 61.4 Å². The maximum absolute atomic E-state index is 13.6. The summed E-state index contributed by atoms with van der Waals surface area (Å²) in [5.74, 6) is -0.332. The summed E-state index contributed by atoms with van der Waals surface area (Å²) in [7, 11) is 0. The molecule has 5 nitrogen and oxygen atoms in total. The van der Waals surface area contributed by atoms with Gasteiger partial charge in [-0.25, -0.2) is 4.39 Å². The molecule has 0 saturated carbocycles. The van der Waals surface area contributed by atoms with Gasteiger partial charge in [-0.2, -0.15) is 0 Å². The second kappa shape index (κ2) is 8.88. The van der Waals surface area contributed by atoms with Crippen molar-refractivity contribution in [3.8, 4) is 0 Å². The second-order valence-electron chi connectivity index (χ2n) is 6.74. The first-order valence-corrected chi connectivity index (χ1v) is 9.14. The highest BCUT2D eigenvalue weighted by molar-refractivity contribution is 5.95. The Balaban J connectivity index is 1.57. The van der Waals surface area contributed by atoms with E-state index in [2.05, 4.69) is 15.5 Å². The van der Waals surface area contributed by atoms with Gasteiger partial charge in [0, 0.05) is 49.9 Å². The molecular formula is C21H24FN3O2. The van der Waals surface area contributed by atoms with Crippen molar-refractivity contribution in [1.29, 1.82) is 0 Å². The molecule has 1 aliphatic rings. The van der Waals surface area contributed by atoms with Crippen molar-refractivity contribution in [1.82, 2.24) is 10.2 Å². The van der Waals surface area contributed by atoms with E-state index in [1.807, 2.05) is 6.07 Å². The van der Waals surface area contributed by atoms with Crippen LogP contribution in [0.15, 0.2) is 48.5 Å². The fraction of sp³-hybridized carbons (Fsp3) is 0.333. The minimum atomic E-state index is -0.246. The van der Waals surface area contributed by atoms with Crippen LogP contribution in [0.3, 0.4) is 0 Å². The molecule has 2 N–H and O–H groups in total. The number of hydrogen-bond donors (Lipinski definition) is 2. The van der Waals surface area contributed by atoms with Crippen LogP contribution in [0.5, 0.6) is 0 Å². The van der Waals surface area contributed by atoms with Crippen LogP contribution in [0, 0.1) is 5.82 Å². The average molecular weight is 369 g/mol. The molecule has 6 heteroatoms. The van der Waals surface area contributed by atoms with Gasteiger partial charge in [-0.3, -0.25) is 14.5 Å². The largest absolute Gasteiger partial charge is 0.326 e. The molecule has 1 saturated heterocycles. The molecule has 1 fully saturated rings. The number of halogens is 1. The zero-order chi connectivity index (χ0) is 19.2. The van der Waals surface area contributed by atoms with E-state index in [9.17, 15) is 14.0 Å². The van der Waals surface area contributed by atoms with Crippen molar-refractivity contribution < 1.29 is 14.0 Å². The summed E-state index contributed by atoms with van der Waals surface area (Å²) in [4.78, 5) is 25.8. The summed E-state index contributed by atoms with van der Waals surface area (Å²) in [6, 6.07) is 13.6. The van der Waals surface area contributed by atoms with Crippen molar-refractivity contribution in [3.05, 3.63) is 65.5 Å². The highest BCUT2D eigenvalue weighted by Gasteiger charge is 2.24. The number of benzene rings is 2. The van der Waals surface area contributed by atoms with Gasteiger partial charge in [0.1, 0.15) is 5.82 Å². The molecule has 1 atom stereocenters. The summed E-state index contributed by atoms with van der Waals surface area (Å²) in [5, 5.41) is 6.19. The number of nitrogens with zero attached hydrogens (tertiary/aromatic N) is 1. The number of hydrogen-bond acceptors (Lipinski definition) is 4. The quantitative estimate of drug-likeness (QED) is 0.769. The second-order valence-corrected chi connectivity index (χ2v) is 6.74. The number of Topliss-reactive ketones (excluding diaryl/α,β-unsaturated/α-hetero) is 1. The number of carbonyl (C=O) groups is 2. The van der Waals surface area contributed by atoms with Gasteiger partial charge in [-0.1, -0.05) is 12.1 Å². The molecule has 27 heavy (non-hydrogen) atoms. The Labute approximate surface area is 158 Å². The molecule has 2 aromatic carbocycles. The zero-order valence-electron chi connectivity index (χ0n) is 15.4. The molecule has 0 radical (unpaired) electrons. The Hall–Kier alpha value is -2.57. The smallest absolute Gasteiger partial charge is 0.225 e. The first kappa shape index (κ1) is 19.2. The molecule has 2 aromatic rings. The van der Waals surface area contributed by atoms with E-state index < -0.39 is 0 Å². The number of ketones is 1. The maximum atomic E-state index is 13.6. The summed E-state index contributed by atoms with van der Waals surface area (Å²) < 4.78 is 13.6. The molecule has 1 aliphatic heterocycles. The lowest BCUT2D eigenvalue weighted by atomic mass is 10.0. The summed E-state index contributed by atoms with van der Waals surface area (Å²) in [5.41, 5.74) is 2.21. The van der Waals surface area contributed by atoms with E-state index in [1.54, 1.807) is 36.4 Å². The van der Waals surface area contributed by atoms with Crippen molar-refractivity contribution in [2.45, 2.75) is 19.4 Å². The minimum absolute atomic E-state index is 0.00465. The van der Waals surface area contributed by atoms with Crippen LogP contribution >= 0.6 is 0 Å².